The molecule has 1 rings (SSSR count). The van der Waals surface area contributed by atoms with E-state index in [1.54, 1.807) is 0 Å². The number of ketones is 1. The van der Waals surface area contributed by atoms with Crippen molar-refractivity contribution in [3.05, 3.63) is 35.4 Å². The van der Waals surface area contributed by atoms with E-state index >= 15 is 0 Å². The number of Topliss-reactive ketones (excluding diaryl/α,β-unsaturated/α-hetero) is 1. The fourth-order valence-electron chi connectivity index (χ4n) is 1.15. The van der Waals surface area contributed by atoms with Gasteiger partial charge in [-0.1, -0.05) is 38.1 Å². The Hall–Kier alpha value is -0.760. The zero-order valence-corrected chi connectivity index (χ0v) is 8.84. The Bertz CT molecular complexity index is 287. The van der Waals surface area contributed by atoms with E-state index in [2.05, 4.69) is 26.5 Å². The van der Waals surface area contributed by atoms with E-state index < -0.39 is 0 Å². The Balaban J connectivity index is 2.87. The molecule has 0 radical (unpaired) electrons. The van der Waals surface area contributed by atoms with E-state index in [0.717, 1.165) is 5.56 Å². The lowest BCUT2D eigenvalue weighted by Crippen LogP contribution is -2.00. The van der Waals surface area contributed by atoms with E-state index in [-0.39, 0.29) is 11.5 Å². The van der Waals surface area contributed by atoms with Crippen LogP contribution in [0.15, 0.2) is 24.3 Å². The van der Waals surface area contributed by atoms with E-state index in [4.69, 9.17) is 0 Å². The highest BCUT2D eigenvalue weighted by atomic mass is 32.1. The first-order chi connectivity index (χ1) is 6.15. The summed E-state index contributed by atoms with van der Waals surface area (Å²) in [6.45, 7) is 4.27. The minimum atomic E-state index is 0.0821. The van der Waals surface area contributed by atoms with Crippen LogP contribution in [0.25, 0.3) is 0 Å². The summed E-state index contributed by atoms with van der Waals surface area (Å²) in [6.07, 6.45) is 0. The van der Waals surface area contributed by atoms with Crippen molar-refractivity contribution in [1.29, 1.82) is 0 Å². The number of hydrogen-bond acceptors (Lipinski definition) is 2. The first-order valence-corrected chi connectivity index (χ1v) is 5.02. The van der Waals surface area contributed by atoms with Crippen LogP contribution < -0.4 is 0 Å². The lowest BCUT2D eigenvalue weighted by Gasteiger charge is -2.05. The van der Waals surface area contributed by atoms with Crippen LogP contribution in [-0.4, -0.2) is 11.5 Å². The highest BCUT2D eigenvalue weighted by Crippen LogP contribution is 2.14. The second-order valence-electron chi connectivity index (χ2n) is 3.36. The number of hydrogen-bond donors (Lipinski definition) is 1. The minimum absolute atomic E-state index is 0.0821. The Morgan fingerprint density at radius 2 is 1.85 bits per heavy atom. The summed E-state index contributed by atoms with van der Waals surface area (Å²) >= 11 is 3.94. The highest BCUT2D eigenvalue weighted by molar-refractivity contribution is 7.81. The maximum Gasteiger partial charge on any atom is 0.172 e. The van der Waals surface area contributed by atoms with Crippen LogP contribution in [-0.2, 0) is 0 Å². The predicted molar refractivity (Wildman–Crippen MR) is 58.7 cm³/mol. The molecule has 0 atom stereocenters. The van der Waals surface area contributed by atoms with Gasteiger partial charge in [-0.2, -0.15) is 12.6 Å². The van der Waals surface area contributed by atoms with Crippen LogP contribution in [0.5, 0.6) is 0 Å². The minimum Gasteiger partial charge on any atom is -0.293 e. The van der Waals surface area contributed by atoms with Gasteiger partial charge in [0.1, 0.15) is 0 Å². The fourth-order valence-corrected chi connectivity index (χ4v) is 1.33. The van der Waals surface area contributed by atoms with Crippen molar-refractivity contribution in [1.82, 2.24) is 0 Å². The molecule has 0 saturated heterocycles. The van der Waals surface area contributed by atoms with Crippen molar-refractivity contribution in [2.45, 2.75) is 19.8 Å². The van der Waals surface area contributed by atoms with Crippen molar-refractivity contribution >= 4 is 18.4 Å². The van der Waals surface area contributed by atoms with Gasteiger partial charge in [0.05, 0.1) is 5.75 Å². The second kappa shape index (κ2) is 4.47. The van der Waals surface area contributed by atoms with Gasteiger partial charge in [0.2, 0.25) is 0 Å². The molecule has 0 aromatic heterocycles. The molecule has 2 heteroatoms. The summed E-state index contributed by atoms with van der Waals surface area (Å²) in [5, 5.41) is 0. The standard InChI is InChI=1S/C11H14OS/c1-8(2)9-3-5-10(6-4-9)11(12)7-13/h3-6,8,13H,7H2,1-2H3. The summed E-state index contributed by atoms with van der Waals surface area (Å²) < 4.78 is 0. The number of benzene rings is 1. The lowest BCUT2D eigenvalue weighted by molar-refractivity contribution is 0.102. The first kappa shape index (κ1) is 10.3. The van der Waals surface area contributed by atoms with Crippen LogP contribution in [0.2, 0.25) is 0 Å². The molecule has 1 aromatic rings. The van der Waals surface area contributed by atoms with Gasteiger partial charge in [-0.25, -0.2) is 0 Å². The van der Waals surface area contributed by atoms with E-state index in [1.807, 2.05) is 24.3 Å². The molecule has 0 unspecified atom stereocenters. The molecule has 1 aromatic carbocycles. The van der Waals surface area contributed by atoms with Gasteiger partial charge in [0, 0.05) is 5.56 Å². The monoisotopic (exact) mass is 194 g/mol. The maximum absolute atomic E-state index is 11.2. The molecule has 0 aliphatic carbocycles. The average Bonchev–Trinajstić information content (AvgIpc) is 2.17. The van der Waals surface area contributed by atoms with Gasteiger partial charge < -0.3 is 0 Å². The second-order valence-corrected chi connectivity index (χ2v) is 3.67. The predicted octanol–water partition coefficient (Wildman–Crippen LogP) is 2.92. The zero-order chi connectivity index (χ0) is 9.84. The van der Waals surface area contributed by atoms with Crippen molar-refractivity contribution < 1.29 is 4.79 Å². The molecule has 0 amide bonds. The molecule has 0 N–H and O–H groups in total. The third-order valence-corrected chi connectivity index (χ3v) is 2.33. The fraction of sp³-hybridized carbons (Fsp3) is 0.364. The Labute approximate surface area is 84.6 Å². The van der Waals surface area contributed by atoms with Crippen LogP contribution in [0.3, 0.4) is 0 Å². The highest BCUT2D eigenvalue weighted by Gasteiger charge is 2.03. The lowest BCUT2D eigenvalue weighted by atomic mass is 10.0. The van der Waals surface area contributed by atoms with Crippen molar-refractivity contribution in [2.75, 3.05) is 5.75 Å². The number of rotatable bonds is 3. The number of carbonyl (C=O) groups is 1. The molecule has 13 heavy (non-hydrogen) atoms. The van der Waals surface area contributed by atoms with Gasteiger partial charge in [-0.15, -0.1) is 0 Å². The summed E-state index contributed by atoms with van der Waals surface area (Å²) in [4.78, 5) is 11.2. The van der Waals surface area contributed by atoms with Gasteiger partial charge in [0.25, 0.3) is 0 Å². The molecule has 0 aliphatic rings. The van der Waals surface area contributed by atoms with E-state index in [9.17, 15) is 4.79 Å². The number of carbonyl (C=O) groups excluding carboxylic acids is 1. The molecule has 0 saturated carbocycles. The topological polar surface area (TPSA) is 17.1 Å². The van der Waals surface area contributed by atoms with Crippen LogP contribution >= 0.6 is 12.6 Å². The van der Waals surface area contributed by atoms with Crippen LogP contribution in [0.4, 0.5) is 0 Å². The van der Waals surface area contributed by atoms with E-state index in [1.165, 1.54) is 5.56 Å². The van der Waals surface area contributed by atoms with Gasteiger partial charge in [-0.3, -0.25) is 4.79 Å². The Morgan fingerprint density at radius 3 is 2.23 bits per heavy atom. The van der Waals surface area contributed by atoms with Gasteiger partial charge in [0.15, 0.2) is 5.78 Å². The third kappa shape index (κ3) is 2.59. The molecular formula is C11H14OS. The van der Waals surface area contributed by atoms with Crippen molar-refractivity contribution in [3.8, 4) is 0 Å². The SMILES string of the molecule is CC(C)c1ccc(C(=O)CS)cc1. The van der Waals surface area contributed by atoms with Crippen molar-refractivity contribution in [3.63, 3.8) is 0 Å². The summed E-state index contributed by atoms with van der Waals surface area (Å²) in [5.74, 6) is 0.875. The summed E-state index contributed by atoms with van der Waals surface area (Å²) in [5.41, 5.74) is 2.01. The van der Waals surface area contributed by atoms with Gasteiger partial charge in [-0.05, 0) is 11.5 Å². The molecule has 1 nitrogen and oxygen atoms in total. The third-order valence-electron chi connectivity index (χ3n) is 2.04. The smallest absolute Gasteiger partial charge is 0.172 e. The quantitative estimate of drug-likeness (QED) is 0.578. The molecular weight excluding hydrogens is 180 g/mol. The summed E-state index contributed by atoms with van der Waals surface area (Å²) in [7, 11) is 0. The zero-order valence-electron chi connectivity index (χ0n) is 7.95. The van der Waals surface area contributed by atoms with Crippen molar-refractivity contribution in [2.24, 2.45) is 0 Å². The maximum atomic E-state index is 11.2. The average molecular weight is 194 g/mol. The van der Waals surface area contributed by atoms with Gasteiger partial charge >= 0.3 is 0 Å². The Morgan fingerprint density at radius 1 is 1.31 bits per heavy atom. The van der Waals surface area contributed by atoms with E-state index in [0.29, 0.717) is 5.92 Å². The van der Waals surface area contributed by atoms with Crippen LogP contribution in [0, 0.1) is 0 Å². The molecule has 0 heterocycles. The first-order valence-electron chi connectivity index (χ1n) is 4.39. The van der Waals surface area contributed by atoms with Crippen LogP contribution in [0.1, 0.15) is 35.7 Å². The summed E-state index contributed by atoms with van der Waals surface area (Å²) in [6, 6.07) is 7.74. The normalized spacial score (nSPS) is 10.5. The molecule has 0 bridgehead atoms. The largest absolute Gasteiger partial charge is 0.293 e. The number of thiol groups is 1. The molecule has 0 fully saturated rings. The molecule has 0 spiro atoms. The molecule has 0 aliphatic heterocycles. The molecule has 70 valence electrons. The Kier molecular flexibility index (Phi) is 3.55.